The maximum absolute atomic E-state index is 13.0. The van der Waals surface area contributed by atoms with Crippen LogP contribution < -0.4 is 11.1 Å². The van der Waals surface area contributed by atoms with E-state index in [1.165, 1.54) is 6.07 Å². The highest BCUT2D eigenvalue weighted by Crippen LogP contribution is 2.33. The van der Waals surface area contributed by atoms with E-state index in [-0.39, 0.29) is 12.0 Å². The molecule has 40 heavy (non-hydrogen) atoms. The van der Waals surface area contributed by atoms with Crippen molar-refractivity contribution >= 4 is 18.0 Å². The van der Waals surface area contributed by atoms with Crippen molar-refractivity contribution in [3.05, 3.63) is 95.2 Å². The minimum absolute atomic E-state index is 0.159. The van der Waals surface area contributed by atoms with Gasteiger partial charge in [-0.25, -0.2) is 4.98 Å². The summed E-state index contributed by atoms with van der Waals surface area (Å²) in [6.07, 6.45) is -1.76. The minimum atomic E-state index is -4.65. The summed E-state index contributed by atoms with van der Waals surface area (Å²) in [6, 6.07) is 14.6. The van der Waals surface area contributed by atoms with E-state index in [0.29, 0.717) is 23.1 Å². The molecule has 0 aliphatic rings. The zero-order valence-electron chi connectivity index (χ0n) is 22.2. The Kier molecular flexibility index (Phi) is 9.00. The summed E-state index contributed by atoms with van der Waals surface area (Å²) in [4.78, 5) is 33.5. The van der Waals surface area contributed by atoms with Gasteiger partial charge in [-0.3, -0.25) is 19.6 Å². The van der Waals surface area contributed by atoms with Crippen LogP contribution in [0.2, 0.25) is 0 Å². The van der Waals surface area contributed by atoms with Gasteiger partial charge >= 0.3 is 6.18 Å². The number of halogens is 3. The normalized spacial score (nSPS) is 11.3. The van der Waals surface area contributed by atoms with E-state index < -0.39 is 23.4 Å². The number of hydrogen-bond donors (Lipinski definition) is 3. The molecular weight excluding hydrogens is 523 g/mol. The number of aromatic nitrogens is 3. The number of carbonyl (C=O) groups is 2. The third-order valence-electron chi connectivity index (χ3n) is 5.76. The summed E-state index contributed by atoms with van der Waals surface area (Å²) < 4.78 is 39.0. The van der Waals surface area contributed by atoms with Crippen LogP contribution in [0.3, 0.4) is 0 Å². The van der Waals surface area contributed by atoms with Gasteiger partial charge in [0.2, 0.25) is 6.41 Å². The maximum atomic E-state index is 13.0. The van der Waals surface area contributed by atoms with Gasteiger partial charge in [-0.15, -0.1) is 0 Å². The molecule has 0 spiro atoms. The third kappa shape index (κ3) is 7.48. The van der Waals surface area contributed by atoms with Crippen molar-refractivity contribution in [1.82, 2.24) is 15.0 Å². The van der Waals surface area contributed by atoms with Crippen molar-refractivity contribution in [3.8, 4) is 22.4 Å². The van der Waals surface area contributed by atoms with Gasteiger partial charge < -0.3 is 16.2 Å². The summed E-state index contributed by atoms with van der Waals surface area (Å²) in [5, 5.41) is 13.4. The molecule has 4 aromatic rings. The number of hydrogen-bond acceptors (Lipinski definition) is 6. The number of nitrogens with zero attached hydrogens (tertiary/aromatic N) is 3. The highest BCUT2D eigenvalue weighted by atomic mass is 19.4. The fraction of sp³-hybridized carbons (Fsp3) is 0.207. The lowest BCUT2D eigenvalue weighted by molar-refractivity contribution is -0.141. The molecule has 0 radical (unpaired) electrons. The summed E-state index contributed by atoms with van der Waals surface area (Å²) in [6.45, 7) is 7.07. The molecule has 0 aliphatic carbocycles. The largest absolute Gasteiger partial charge is 0.433 e. The van der Waals surface area contributed by atoms with Crippen LogP contribution in [0.15, 0.2) is 67.0 Å². The number of aryl methyl sites for hydroxylation is 2. The van der Waals surface area contributed by atoms with Gasteiger partial charge in [0, 0.05) is 34.9 Å². The first kappa shape index (κ1) is 29.9. The van der Waals surface area contributed by atoms with E-state index in [9.17, 15) is 23.1 Å². The molecule has 8 nitrogen and oxygen atoms in total. The molecular formula is C29H28F3N5O3. The van der Waals surface area contributed by atoms with Crippen molar-refractivity contribution in [2.45, 2.75) is 39.5 Å². The number of rotatable bonds is 5. The van der Waals surface area contributed by atoms with Crippen molar-refractivity contribution in [2.24, 2.45) is 5.73 Å². The quantitative estimate of drug-likeness (QED) is 0.284. The number of nitrogens with one attached hydrogen (secondary N) is 1. The Morgan fingerprint density at radius 3 is 2.23 bits per heavy atom. The Hall–Kier alpha value is -4.64. The summed E-state index contributed by atoms with van der Waals surface area (Å²) in [5.74, 6) is -0.692. The second kappa shape index (κ2) is 12.0. The zero-order valence-corrected chi connectivity index (χ0v) is 22.2. The van der Waals surface area contributed by atoms with Gasteiger partial charge in [-0.2, -0.15) is 13.2 Å². The van der Waals surface area contributed by atoms with Gasteiger partial charge in [-0.1, -0.05) is 6.07 Å². The second-order valence-corrected chi connectivity index (χ2v) is 9.42. The zero-order chi connectivity index (χ0) is 29.7. The monoisotopic (exact) mass is 551 g/mol. The number of aliphatic hydroxyl groups is 1. The number of primary amides is 1. The molecule has 3 heterocycles. The number of carbonyl (C=O) groups excluding carboxylic acids is 2. The summed E-state index contributed by atoms with van der Waals surface area (Å²) in [5.41, 5.74) is 7.23. The number of anilines is 1. The van der Waals surface area contributed by atoms with Crippen LogP contribution in [0.25, 0.3) is 22.4 Å². The number of pyridine rings is 3. The number of alkyl halides is 3. The van der Waals surface area contributed by atoms with Crippen molar-refractivity contribution in [1.29, 1.82) is 0 Å². The lowest BCUT2D eigenvalue weighted by Crippen LogP contribution is -2.18. The van der Waals surface area contributed by atoms with Crippen LogP contribution >= 0.6 is 0 Å². The van der Waals surface area contributed by atoms with Crippen LogP contribution in [0.4, 0.5) is 18.9 Å². The van der Waals surface area contributed by atoms with Crippen LogP contribution in [0, 0.1) is 13.8 Å². The summed E-state index contributed by atoms with van der Waals surface area (Å²) >= 11 is 0. The first-order valence-electron chi connectivity index (χ1n) is 12.0. The molecule has 2 amide bonds. The third-order valence-corrected chi connectivity index (χ3v) is 5.76. The van der Waals surface area contributed by atoms with Gasteiger partial charge in [0.15, 0.2) is 0 Å². The average Bonchev–Trinajstić information content (AvgIpc) is 2.89. The van der Waals surface area contributed by atoms with E-state index in [1.807, 2.05) is 32.0 Å². The molecule has 4 N–H and O–H groups in total. The molecule has 0 saturated carbocycles. The molecule has 4 rings (SSSR count). The molecule has 0 aliphatic heterocycles. The van der Waals surface area contributed by atoms with Gasteiger partial charge in [0.05, 0.1) is 11.4 Å². The van der Waals surface area contributed by atoms with Gasteiger partial charge in [0.25, 0.3) is 5.91 Å². The van der Waals surface area contributed by atoms with Gasteiger partial charge in [-0.05, 0) is 92.9 Å². The number of nitrogens with two attached hydrogens (primary N) is 1. The van der Waals surface area contributed by atoms with E-state index in [2.05, 4.69) is 26.0 Å². The smallest absolute Gasteiger partial charge is 0.384 e. The predicted octanol–water partition coefficient (Wildman–Crippen LogP) is 5.42. The first-order valence-corrected chi connectivity index (χ1v) is 12.0. The Bertz CT molecular complexity index is 1530. The van der Waals surface area contributed by atoms with Crippen LogP contribution in [0.5, 0.6) is 0 Å². The molecule has 208 valence electrons. The highest BCUT2D eigenvalue weighted by molar-refractivity contribution is 6.04. The molecule has 0 atom stereocenters. The Labute approximate surface area is 229 Å². The average molecular weight is 552 g/mol. The molecule has 0 unspecified atom stereocenters. The lowest BCUT2D eigenvalue weighted by Gasteiger charge is -2.20. The topological polar surface area (TPSA) is 131 Å². The van der Waals surface area contributed by atoms with Crippen LogP contribution in [-0.4, -0.2) is 32.4 Å². The standard InChI is InChI=1S/C28H25F3N4O2.CH3NO/c1-16-5-6-21(34-26(36)19-8-10-33-25(13-19)28(29,30)31)15-22(16)20-12-23(18-7-9-32-17(2)11-18)35-24(14-20)27(3,4)37;2-1-3/h5-15,37H,1-4H3,(H,34,36);1H,(H2,2,3). The molecule has 0 fully saturated rings. The molecule has 3 aromatic heterocycles. The lowest BCUT2D eigenvalue weighted by atomic mass is 9.94. The predicted molar refractivity (Wildman–Crippen MR) is 145 cm³/mol. The Morgan fingerprint density at radius 1 is 0.925 bits per heavy atom. The van der Waals surface area contributed by atoms with E-state index in [0.717, 1.165) is 34.1 Å². The summed E-state index contributed by atoms with van der Waals surface area (Å²) in [7, 11) is 0. The molecule has 1 aromatic carbocycles. The molecule has 0 bridgehead atoms. The van der Waals surface area contributed by atoms with E-state index in [1.54, 1.807) is 44.3 Å². The first-order chi connectivity index (χ1) is 18.7. The molecule has 0 saturated heterocycles. The van der Waals surface area contributed by atoms with Crippen molar-refractivity contribution < 1.29 is 27.9 Å². The maximum Gasteiger partial charge on any atom is 0.433 e. The van der Waals surface area contributed by atoms with Crippen molar-refractivity contribution in [3.63, 3.8) is 0 Å². The minimum Gasteiger partial charge on any atom is -0.384 e. The van der Waals surface area contributed by atoms with E-state index in [4.69, 9.17) is 4.79 Å². The Balaban J connectivity index is 0.00000141. The SMILES string of the molecule is Cc1cc(-c2cc(-c3cc(NC(=O)c4ccnc(C(F)(F)F)c4)ccc3C)cc(C(C)(C)O)n2)ccn1.NC=O. The van der Waals surface area contributed by atoms with Gasteiger partial charge in [0.1, 0.15) is 11.3 Å². The fourth-order valence-electron chi connectivity index (χ4n) is 3.79. The van der Waals surface area contributed by atoms with Crippen LogP contribution in [-0.2, 0) is 16.6 Å². The van der Waals surface area contributed by atoms with Crippen molar-refractivity contribution in [2.75, 3.05) is 5.32 Å². The number of amides is 2. The molecule has 11 heteroatoms. The Morgan fingerprint density at radius 2 is 1.60 bits per heavy atom. The van der Waals surface area contributed by atoms with E-state index >= 15 is 0 Å². The highest BCUT2D eigenvalue weighted by Gasteiger charge is 2.33. The fourth-order valence-corrected chi connectivity index (χ4v) is 3.79. The van der Waals surface area contributed by atoms with Crippen LogP contribution in [0.1, 0.15) is 46.9 Å². The number of benzene rings is 1. The second-order valence-electron chi connectivity index (χ2n) is 9.42.